The van der Waals surface area contributed by atoms with Gasteiger partial charge in [0.15, 0.2) is 0 Å². The first kappa shape index (κ1) is 15.6. The molecule has 6 heteroatoms. The van der Waals surface area contributed by atoms with Crippen molar-refractivity contribution in [1.82, 2.24) is 0 Å². The zero-order chi connectivity index (χ0) is 15.4. The molecule has 0 unspecified atom stereocenters. The predicted molar refractivity (Wildman–Crippen MR) is 83.2 cm³/mol. The van der Waals surface area contributed by atoms with Gasteiger partial charge in [0.1, 0.15) is 12.4 Å². The zero-order valence-electron chi connectivity index (χ0n) is 11.3. The molecule has 0 saturated heterocycles. The zero-order valence-corrected chi connectivity index (χ0v) is 12.8. The van der Waals surface area contributed by atoms with Crippen LogP contribution in [-0.4, -0.2) is 4.92 Å². The van der Waals surface area contributed by atoms with Gasteiger partial charge in [0.2, 0.25) is 0 Å². The molecular weight excluding hydrogens is 313 g/mol. The Balaban J connectivity index is 2.27. The third-order valence-corrected chi connectivity index (χ3v) is 3.66. The second kappa shape index (κ2) is 6.78. The summed E-state index contributed by atoms with van der Waals surface area (Å²) in [6.07, 6.45) is 0. The third-order valence-electron chi connectivity index (χ3n) is 3.02. The Hall–Kier alpha value is -1.78. The molecule has 0 aromatic heterocycles. The molecule has 0 radical (unpaired) electrons. The highest BCUT2D eigenvalue weighted by Crippen LogP contribution is 2.29. The quantitative estimate of drug-likeness (QED) is 0.447. The molecule has 0 heterocycles. The Morgan fingerprint density at radius 1 is 1.29 bits per heavy atom. The highest BCUT2D eigenvalue weighted by molar-refractivity contribution is 6.31. The van der Waals surface area contributed by atoms with Crippen LogP contribution in [0.4, 0.5) is 5.69 Å². The van der Waals surface area contributed by atoms with E-state index in [0.29, 0.717) is 22.2 Å². The molecule has 0 fully saturated rings. The highest BCUT2D eigenvalue weighted by atomic mass is 35.5. The van der Waals surface area contributed by atoms with E-state index < -0.39 is 4.92 Å². The topological polar surface area (TPSA) is 52.4 Å². The number of nitro groups is 1. The van der Waals surface area contributed by atoms with Crippen molar-refractivity contribution < 1.29 is 9.66 Å². The minimum Gasteiger partial charge on any atom is -0.488 e. The van der Waals surface area contributed by atoms with E-state index in [1.807, 2.05) is 19.1 Å². The molecule has 0 saturated carbocycles. The van der Waals surface area contributed by atoms with E-state index >= 15 is 0 Å². The van der Waals surface area contributed by atoms with Gasteiger partial charge < -0.3 is 4.74 Å². The largest absolute Gasteiger partial charge is 0.488 e. The molecule has 0 amide bonds. The summed E-state index contributed by atoms with van der Waals surface area (Å²) >= 11 is 11.9. The average Bonchev–Trinajstić information content (AvgIpc) is 2.46. The molecular formula is C15H13Cl2NO3. The lowest BCUT2D eigenvalue weighted by Crippen LogP contribution is -2.03. The van der Waals surface area contributed by atoms with E-state index in [1.165, 1.54) is 6.07 Å². The normalized spacial score (nSPS) is 10.4. The van der Waals surface area contributed by atoms with E-state index in [1.54, 1.807) is 18.2 Å². The fraction of sp³-hybridized carbons (Fsp3) is 0.200. The number of nitro benzene ring substituents is 1. The van der Waals surface area contributed by atoms with Crippen LogP contribution in [0, 0.1) is 17.0 Å². The summed E-state index contributed by atoms with van der Waals surface area (Å²) in [6.45, 7) is 1.97. The number of halogens is 2. The first-order chi connectivity index (χ1) is 10.0. The van der Waals surface area contributed by atoms with Crippen LogP contribution < -0.4 is 4.74 Å². The summed E-state index contributed by atoms with van der Waals surface area (Å²) < 4.78 is 5.67. The molecule has 2 aromatic rings. The van der Waals surface area contributed by atoms with Gasteiger partial charge in [-0.15, -0.1) is 11.6 Å². The summed E-state index contributed by atoms with van der Waals surface area (Å²) in [6, 6.07) is 10.2. The lowest BCUT2D eigenvalue weighted by molar-refractivity contribution is -0.385. The smallest absolute Gasteiger partial charge is 0.277 e. The average molecular weight is 326 g/mol. The fourth-order valence-electron chi connectivity index (χ4n) is 1.96. The first-order valence-electron chi connectivity index (χ1n) is 6.23. The Morgan fingerprint density at radius 2 is 2.05 bits per heavy atom. The summed E-state index contributed by atoms with van der Waals surface area (Å²) in [4.78, 5) is 10.6. The molecule has 0 bridgehead atoms. The molecule has 2 rings (SSSR count). The van der Waals surface area contributed by atoms with Gasteiger partial charge in [-0.1, -0.05) is 35.4 Å². The van der Waals surface area contributed by atoms with Gasteiger partial charge in [0.25, 0.3) is 5.69 Å². The number of hydrogen-bond donors (Lipinski definition) is 0. The number of aryl methyl sites for hydroxylation is 1. The lowest BCUT2D eigenvalue weighted by atomic mass is 10.1. The predicted octanol–water partition coefficient (Wildman–Crippen LogP) is 4.87. The van der Waals surface area contributed by atoms with Crippen LogP contribution in [0.15, 0.2) is 36.4 Å². The highest BCUT2D eigenvalue weighted by Gasteiger charge is 2.17. The number of alkyl halides is 1. The van der Waals surface area contributed by atoms with Crippen molar-refractivity contribution in [3.05, 3.63) is 68.2 Å². The molecule has 2 aromatic carbocycles. The summed E-state index contributed by atoms with van der Waals surface area (Å²) in [5.74, 6) is 0.909. The maximum absolute atomic E-state index is 11.0. The molecule has 0 aliphatic heterocycles. The van der Waals surface area contributed by atoms with Gasteiger partial charge in [0, 0.05) is 11.6 Å². The van der Waals surface area contributed by atoms with E-state index in [0.717, 1.165) is 11.1 Å². The minimum absolute atomic E-state index is 0.0168. The minimum atomic E-state index is -0.470. The van der Waals surface area contributed by atoms with E-state index in [-0.39, 0.29) is 12.3 Å². The van der Waals surface area contributed by atoms with Crippen LogP contribution in [-0.2, 0) is 12.5 Å². The van der Waals surface area contributed by atoms with Crippen molar-refractivity contribution in [3.63, 3.8) is 0 Å². The van der Waals surface area contributed by atoms with Crippen LogP contribution in [0.5, 0.6) is 5.75 Å². The van der Waals surface area contributed by atoms with Crippen LogP contribution in [0.2, 0.25) is 5.02 Å². The molecule has 110 valence electrons. The van der Waals surface area contributed by atoms with E-state index in [2.05, 4.69) is 0 Å². The molecule has 4 nitrogen and oxygen atoms in total. The Labute approximate surface area is 132 Å². The summed E-state index contributed by atoms with van der Waals surface area (Å²) in [5, 5.41) is 11.3. The molecule has 0 N–H and O–H groups in total. The molecule has 0 spiro atoms. The first-order valence-corrected chi connectivity index (χ1v) is 7.14. The van der Waals surface area contributed by atoms with Gasteiger partial charge in [-0.25, -0.2) is 0 Å². The Kier molecular flexibility index (Phi) is 5.04. The lowest BCUT2D eigenvalue weighted by Gasteiger charge is -2.12. The monoisotopic (exact) mass is 325 g/mol. The van der Waals surface area contributed by atoms with Crippen LogP contribution in [0.1, 0.15) is 16.7 Å². The standard InChI is InChI=1S/C15H13Cl2NO3/c1-10-5-6-15(11(7-10)8-16)21-9-12-13(17)3-2-4-14(12)18(19)20/h2-7H,8-9H2,1H3. The number of ether oxygens (including phenoxy) is 1. The Bertz CT molecular complexity index is 674. The SMILES string of the molecule is Cc1ccc(OCc2c(Cl)cccc2[N+](=O)[O-])c(CCl)c1. The Morgan fingerprint density at radius 3 is 2.71 bits per heavy atom. The maximum atomic E-state index is 11.0. The van der Waals surface area contributed by atoms with Gasteiger partial charge >= 0.3 is 0 Å². The van der Waals surface area contributed by atoms with Crippen molar-refractivity contribution in [1.29, 1.82) is 0 Å². The van der Waals surface area contributed by atoms with Crippen molar-refractivity contribution in [3.8, 4) is 5.75 Å². The molecule has 0 aliphatic rings. The van der Waals surface area contributed by atoms with Crippen molar-refractivity contribution >= 4 is 28.9 Å². The maximum Gasteiger partial charge on any atom is 0.277 e. The van der Waals surface area contributed by atoms with Gasteiger partial charge in [-0.2, -0.15) is 0 Å². The van der Waals surface area contributed by atoms with Gasteiger partial charge in [-0.3, -0.25) is 10.1 Å². The van der Waals surface area contributed by atoms with Crippen LogP contribution in [0.25, 0.3) is 0 Å². The number of nitrogens with zero attached hydrogens (tertiary/aromatic N) is 1. The number of hydrogen-bond acceptors (Lipinski definition) is 3. The van der Waals surface area contributed by atoms with Gasteiger partial charge in [0.05, 0.1) is 21.4 Å². The van der Waals surface area contributed by atoms with Crippen LogP contribution >= 0.6 is 23.2 Å². The van der Waals surface area contributed by atoms with Crippen molar-refractivity contribution in [2.45, 2.75) is 19.4 Å². The third kappa shape index (κ3) is 3.65. The van der Waals surface area contributed by atoms with Crippen LogP contribution in [0.3, 0.4) is 0 Å². The molecule has 21 heavy (non-hydrogen) atoms. The number of rotatable bonds is 5. The second-order valence-corrected chi connectivity index (χ2v) is 5.20. The summed E-state index contributed by atoms with van der Waals surface area (Å²) in [5.41, 5.74) is 2.21. The van der Waals surface area contributed by atoms with Gasteiger partial charge in [-0.05, 0) is 19.1 Å². The molecule has 0 atom stereocenters. The molecule has 0 aliphatic carbocycles. The van der Waals surface area contributed by atoms with Crippen molar-refractivity contribution in [2.75, 3.05) is 0 Å². The van der Waals surface area contributed by atoms with E-state index in [9.17, 15) is 10.1 Å². The second-order valence-electron chi connectivity index (χ2n) is 4.53. The summed E-state index contributed by atoms with van der Waals surface area (Å²) in [7, 11) is 0. The van der Waals surface area contributed by atoms with Crippen molar-refractivity contribution in [2.24, 2.45) is 0 Å². The fourth-order valence-corrected chi connectivity index (χ4v) is 2.40. The number of benzene rings is 2. The van der Waals surface area contributed by atoms with E-state index in [4.69, 9.17) is 27.9 Å².